The minimum atomic E-state index is -4.91. The van der Waals surface area contributed by atoms with Gasteiger partial charge in [0, 0.05) is 36.7 Å². The molecule has 0 saturated carbocycles. The van der Waals surface area contributed by atoms with E-state index in [1.807, 2.05) is 13.8 Å². The van der Waals surface area contributed by atoms with Crippen LogP contribution in [0.5, 0.6) is 0 Å². The number of hydrogen-bond donors (Lipinski definition) is 1. The molecule has 1 aromatic rings. The molecule has 36 heavy (non-hydrogen) atoms. The zero-order valence-electron chi connectivity index (χ0n) is 19.7. The minimum Gasteiger partial charge on any atom is -0.376 e. The number of alkyl halides is 3. The van der Waals surface area contributed by atoms with Crippen molar-refractivity contribution in [3.63, 3.8) is 0 Å². The van der Waals surface area contributed by atoms with Crippen LogP contribution >= 0.6 is 23.4 Å². The SMILES string of the molecule is CC(C)C(Sc1cc(/C=C2/C(=O)C=C(C(F)(F)F)N(C)C2=O)c(F)cc1Cl)C(=O)NCC1CCCO1. The highest BCUT2D eigenvalue weighted by Crippen LogP contribution is 2.37. The smallest absolute Gasteiger partial charge is 0.376 e. The van der Waals surface area contributed by atoms with Crippen molar-refractivity contribution >= 4 is 47.0 Å². The summed E-state index contributed by atoms with van der Waals surface area (Å²) in [6.07, 6.45) is -1.98. The summed E-state index contributed by atoms with van der Waals surface area (Å²) in [6.45, 7) is 4.69. The van der Waals surface area contributed by atoms with Crippen molar-refractivity contribution in [2.24, 2.45) is 5.92 Å². The molecule has 0 aromatic heterocycles. The molecule has 1 saturated heterocycles. The molecule has 1 N–H and O–H groups in total. The quantitative estimate of drug-likeness (QED) is 0.230. The third-order valence-electron chi connectivity index (χ3n) is 5.72. The van der Waals surface area contributed by atoms with E-state index in [1.165, 1.54) is 6.07 Å². The molecule has 2 atom stereocenters. The lowest BCUT2D eigenvalue weighted by Crippen LogP contribution is -2.40. The third kappa shape index (κ3) is 6.49. The van der Waals surface area contributed by atoms with Gasteiger partial charge in [0.15, 0.2) is 5.78 Å². The van der Waals surface area contributed by atoms with Gasteiger partial charge in [0.1, 0.15) is 11.5 Å². The van der Waals surface area contributed by atoms with Crippen LogP contribution in [0.2, 0.25) is 5.02 Å². The Morgan fingerprint density at radius 1 is 1.33 bits per heavy atom. The van der Waals surface area contributed by atoms with Gasteiger partial charge in [0.25, 0.3) is 5.91 Å². The number of likely N-dealkylation sites (N-methyl/N-ethyl adjacent to an activating group) is 1. The van der Waals surface area contributed by atoms with Crippen molar-refractivity contribution < 1.29 is 36.7 Å². The number of ether oxygens (including phenoxy) is 1. The number of allylic oxidation sites excluding steroid dienone is 2. The number of carbonyl (C=O) groups is 3. The molecule has 0 aliphatic carbocycles. The van der Waals surface area contributed by atoms with Crippen LogP contribution in [-0.4, -0.2) is 60.2 Å². The Balaban J connectivity index is 1.87. The van der Waals surface area contributed by atoms with Crippen LogP contribution in [0.25, 0.3) is 6.08 Å². The van der Waals surface area contributed by atoms with Crippen molar-refractivity contribution in [2.45, 2.75) is 49.1 Å². The molecule has 0 bridgehead atoms. The molecule has 0 spiro atoms. The number of rotatable bonds is 7. The number of amides is 2. The van der Waals surface area contributed by atoms with Gasteiger partial charge in [0.05, 0.1) is 21.9 Å². The summed E-state index contributed by atoms with van der Waals surface area (Å²) in [5.74, 6) is -3.68. The first-order chi connectivity index (χ1) is 16.8. The highest BCUT2D eigenvalue weighted by atomic mass is 35.5. The number of halogens is 5. The van der Waals surface area contributed by atoms with Gasteiger partial charge in [-0.15, -0.1) is 11.8 Å². The topological polar surface area (TPSA) is 75.7 Å². The highest BCUT2D eigenvalue weighted by molar-refractivity contribution is 8.00. The van der Waals surface area contributed by atoms with E-state index in [0.29, 0.717) is 29.0 Å². The van der Waals surface area contributed by atoms with Crippen LogP contribution in [0.15, 0.2) is 34.4 Å². The van der Waals surface area contributed by atoms with Gasteiger partial charge in [-0.2, -0.15) is 13.2 Å². The van der Waals surface area contributed by atoms with Crippen molar-refractivity contribution in [1.29, 1.82) is 0 Å². The number of ketones is 1. The van der Waals surface area contributed by atoms with Gasteiger partial charge in [-0.1, -0.05) is 25.4 Å². The Kier molecular flexibility index (Phi) is 8.89. The molecular formula is C24H25ClF4N2O4S. The van der Waals surface area contributed by atoms with Crippen molar-refractivity contribution in [1.82, 2.24) is 10.2 Å². The average Bonchev–Trinajstić information content (AvgIpc) is 3.30. The van der Waals surface area contributed by atoms with Gasteiger partial charge >= 0.3 is 6.18 Å². The molecule has 0 radical (unpaired) electrons. The standard InChI is InChI=1S/C24H25ClF4N2O4S/c1-12(2)21(22(33)30-11-14-5-4-6-35-14)36-19-8-13(17(26)9-16(19)25)7-15-18(32)10-20(24(27,28)29)31(3)23(15)34/h7-10,12,14,21H,4-6,11H2,1-3H3,(H,30,33)/b15-7-. The van der Waals surface area contributed by atoms with E-state index in [4.69, 9.17) is 16.3 Å². The van der Waals surface area contributed by atoms with E-state index in [2.05, 4.69) is 5.32 Å². The summed E-state index contributed by atoms with van der Waals surface area (Å²) in [6, 6.07) is 2.23. The molecule has 6 nitrogen and oxygen atoms in total. The molecule has 1 fully saturated rings. The van der Waals surface area contributed by atoms with E-state index in [-0.39, 0.29) is 28.5 Å². The molecule has 1 aromatic carbocycles. The van der Waals surface area contributed by atoms with E-state index in [1.54, 1.807) is 0 Å². The van der Waals surface area contributed by atoms with Crippen LogP contribution in [0.4, 0.5) is 17.6 Å². The summed E-state index contributed by atoms with van der Waals surface area (Å²) < 4.78 is 59.5. The summed E-state index contributed by atoms with van der Waals surface area (Å²) in [5.41, 5.74) is -2.26. The van der Waals surface area contributed by atoms with Gasteiger partial charge in [-0.25, -0.2) is 4.39 Å². The Bertz CT molecular complexity index is 1110. The van der Waals surface area contributed by atoms with E-state index < -0.39 is 40.2 Å². The van der Waals surface area contributed by atoms with Crippen molar-refractivity contribution in [3.8, 4) is 0 Å². The Hall–Kier alpha value is -2.37. The van der Waals surface area contributed by atoms with Gasteiger partial charge in [-0.05, 0) is 37.0 Å². The molecule has 3 rings (SSSR count). The predicted molar refractivity (Wildman–Crippen MR) is 128 cm³/mol. The van der Waals surface area contributed by atoms with Gasteiger partial charge < -0.3 is 15.0 Å². The van der Waals surface area contributed by atoms with E-state index >= 15 is 0 Å². The monoisotopic (exact) mass is 548 g/mol. The van der Waals surface area contributed by atoms with Gasteiger partial charge in [0.2, 0.25) is 5.91 Å². The molecule has 2 aliphatic heterocycles. The Morgan fingerprint density at radius 2 is 2.03 bits per heavy atom. The molecular weight excluding hydrogens is 524 g/mol. The van der Waals surface area contributed by atoms with Crippen LogP contribution < -0.4 is 5.32 Å². The lowest BCUT2D eigenvalue weighted by atomic mass is 10.0. The maximum Gasteiger partial charge on any atom is 0.431 e. The summed E-state index contributed by atoms with van der Waals surface area (Å²) >= 11 is 7.30. The molecule has 2 amide bonds. The first-order valence-electron chi connectivity index (χ1n) is 11.2. The van der Waals surface area contributed by atoms with Crippen LogP contribution in [0.1, 0.15) is 32.3 Å². The molecule has 2 unspecified atom stereocenters. The maximum absolute atomic E-state index is 14.7. The minimum absolute atomic E-state index is 0.00916. The first-order valence-corrected chi connectivity index (χ1v) is 12.4. The average molecular weight is 549 g/mol. The van der Waals surface area contributed by atoms with Crippen molar-refractivity contribution in [3.05, 3.63) is 45.9 Å². The molecule has 2 aliphatic rings. The van der Waals surface area contributed by atoms with Crippen LogP contribution in [-0.2, 0) is 19.1 Å². The fourth-order valence-electron chi connectivity index (χ4n) is 3.75. The van der Waals surface area contributed by atoms with E-state index in [0.717, 1.165) is 43.8 Å². The number of nitrogens with zero attached hydrogens (tertiary/aromatic N) is 1. The van der Waals surface area contributed by atoms with Crippen LogP contribution in [0.3, 0.4) is 0 Å². The lowest BCUT2D eigenvalue weighted by molar-refractivity contribution is -0.140. The first kappa shape index (κ1) is 28.2. The highest BCUT2D eigenvalue weighted by Gasteiger charge is 2.43. The normalized spacial score (nSPS) is 20.8. The van der Waals surface area contributed by atoms with E-state index in [9.17, 15) is 31.9 Å². The zero-order valence-corrected chi connectivity index (χ0v) is 21.3. The fraction of sp³-hybridized carbons (Fsp3) is 0.458. The molecule has 196 valence electrons. The number of carbonyl (C=O) groups excluding carboxylic acids is 3. The Morgan fingerprint density at radius 3 is 2.61 bits per heavy atom. The fourth-order valence-corrected chi connectivity index (χ4v) is 5.14. The van der Waals surface area contributed by atoms with Gasteiger partial charge in [-0.3, -0.25) is 14.4 Å². The Labute approximate surface area is 215 Å². The number of thioether (sulfide) groups is 1. The molecule has 2 heterocycles. The van der Waals surface area contributed by atoms with Crippen molar-refractivity contribution in [2.75, 3.05) is 20.2 Å². The number of nitrogens with one attached hydrogen (secondary N) is 1. The second-order valence-corrected chi connectivity index (χ2v) is 10.4. The largest absolute Gasteiger partial charge is 0.431 e. The second kappa shape index (κ2) is 11.4. The number of hydrogen-bond acceptors (Lipinski definition) is 5. The summed E-state index contributed by atoms with van der Waals surface area (Å²) in [7, 11) is 0.879. The molecule has 12 heteroatoms. The summed E-state index contributed by atoms with van der Waals surface area (Å²) in [4.78, 5) is 38.2. The third-order valence-corrected chi connectivity index (χ3v) is 7.75. The maximum atomic E-state index is 14.7. The predicted octanol–water partition coefficient (Wildman–Crippen LogP) is 4.76. The lowest BCUT2D eigenvalue weighted by Gasteiger charge is -2.26. The zero-order chi connectivity index (χ0) is 26.8. The second-order valence-electron chi connectivity index (χ2n) is 8.78. The number of benzene rings is 1. The van der Waals surface area contributed by atoms with Crippen LogP contribution in [0, 0.1) is 11.7 Å². The summed E-state index contributed by atoms with van der Waals surface area (Å²) in [5, 5.41) is 2.27.